The molecule has 2 aromatic rings. The number of thiazole rings is 1. The Bertz CT molecular complexity index is 712. The van der Waals surface area contributed by atoms with E-state index in [4.69, 9.17) is 0 Å². The third-order valence-corrected chi connectivity index (χ3v) is 5.12. The zero-order valence-electron chi connectivity index (χ0n) is 13.8. The van der Waals surface area contributed by atoms with Crippen LogP contribution in [-0.4, -0.2) is 33.9 Å². The van der Waals surface area contributed by atoms with Gasteiger partial charge in [-0.2, -0.15) is 0 Å². The molecule has 0 bridgehead atoms. The van der Waals surface area contributed by atoms with Crippen LogP contribution in [0.3, 0.4) is 0 Å². The summed E-state index contributed by atoms with van der Waals surface area (Å²) in [5, 5.41) is 3.91. The second-order valence-electron chi connectivity index (χ2n) is 6.22. The van der Waals surface area contributed by atoms with E-state index in [9.17, 15) is 4.79 Å². The van der Waals surface area contributed by atoms with Crippen LogP contribution in [0.15, 0.2) is 18.2 Å². The normalized spacial score (nSPS) is 18.0. The van der Waals surface area contributed by atoms with Crippen molar-refractivity contribution in [2.24, 2.45) is 5.92 Å². The van der Waals surface area contributed by atoms with Crippen LogP contribution in [0, 0.1) is 19.8 Å². The molecular weight excluding hydrogens is 308 g/mol. The molecule has 1 amide bonds. The summed E-state index contributed by atoms with van der Waals surface area (Å²) in [5.74, 6) is 1.44. The molecule has 1 N–H and O–H groups in total. The van der Waals surface area contributed by atoms with Crippen LogP contribution in [0.25, 0.3) is 0 Å². The van der Waals surface area contributed by atoms with Crippen LogP contribution in [0.4, 0.5) is 10.9 Å². The van der Waals surface area contributed by atoms with E-state index < -0.39 is 0 Å². The molecule has 0 saturated carbocycles. The fourth-order valence-corrected chi connectivity index (χ4v) is 3.83. The predicted octanol–water partition coefficient (Wildman–Crippen LogP) is 3.77. The van der Waals surface area contributed by atoms with Crippen molar-refractivity contribution in [1.29, 1.82) is 0 Å². The molecule has 3 heterocycles. The Morgan fingerprint density at radius 3 is 2.91 bits per heavy atom. The van der Waals surface area contributed by atoms with Crippen molar-refractivity contribution in [2.75, 3.05) is 18.4 Å². The van der Waals surface area contributed by atoms with Crippen molar-refractivity contribution in [2.45, 2.75) is 33.6 Å². The number of nitrogens with zero attached hydrogens (tertiary/aromatic N) is 3. The molecule has 0 aliphatic carbocycles. The van der Waals surface area contributed by atoms with Gasteiger partial charge in [-0.1, -0.05) is 24.3 Å². The SMILES string of the molecule is Cc1cccc(Nc2nc(C)c(C(=O)N3CCC[C@H](C)C3)s2)n1. The molecule has 1 saturated heterocycles. The van der Waals surface area contributed by atoms with Gasteiger partial charge in [-0.15, -0.1) is 0 Å². The predicted molar refractivity (Wildman–Crippen MR) is 93.4 cm³/mol. The van der Waals surface area contributed by atoms with Crippen LogP contribution >= 0.6 is 11.3 Å². The molecule has 6 heteroatoms. The van der Waals surface area contributed by atoms with E-state index in [1.807, 2.05) is 36.9 Å². The molecule has 122 valence electrons. The molecule has 23 heavy (non-hydrogen) atoms. The van der Waals surface area contributed by atoms with E-state index in [1.54, 1.807) is 0 Å². The third-order valence-electron chi connectivity index (χ3n) is 4.06. The number of pyridine rings is 1. The highest BCUT2D eigenvalue weighted by molar-refractivity contribution is 7.17. The lowest BCUT2D eigenvalue weighted by molar-refractivity contribution is 0.0687. The first kappa shape index (κ1) is 15.9. The van der Waals surface area contributed by atoms with Crippen LogP contribution in [0.5, 0.6) is 0 Å². The molecule has 0 aromatic carbocycles. The summed E-state index contributed by atoms with van der Waals surface area (Å²) in [6, 6.07) is 5.80. The quantitative estimate of drug-likeness (QED) is 0.930. The van der Waals surface area contributed by atoms with Gasteiger partial charge in [0.1, 0.15) is 10.7 Å². The third kappa shape index (κ3) is 3.69. The van der Waals surface area contributed by atoms with Crippen molar-refractivity contribution >= 4 is 28.2 Å². The Hall–Kier alpha value is -1.95. The fraction of sp³-hybridized carbons (Fsp3) is 0.471. The molecule has 0 unspecified atom stereocenters. The number of aromatic nitrogens is 2. The van der Waals surface area contributed by atoms with E-state index in [2.05, 4.69) is 22.2 Å². The number of hydrogen-bond donors (Lipinski definition) is 1. The lowest BCUT2D eigenvalue weighted by Gasteiger charge is -2.30. The van der Waals surface area contributed by atoms with Crippen molar-refractivity contribution < 1.29 is 4.79 Å². The largest absolute Gasteiger partial charge is 0.338 e. The Kier molecular flexibility index (Phi) is 4.61. The average Bonchev–Trinajstić information content (AvgIpc) is 2.87. The second kappa shape index (κ2) is 6.66. The zero-order valence-corrected chi connectivity index (χ0v) is 14.6. The molecular formula is C17H22N4OS. The minimum absolute atomic E-state index is 0.108. The first-order valence-electron chi connectivity index (χ1n) is 8.00. The van der Waals surface area contributed by atoms with Gasteiger partial charge in [0.25, 0.3) is 5.91 Å². The number of likely N-dealkylation sites (tertiary alicyclic amines) is 1. The summed E-state index contributed by atoms with van der Waals surface area (Å²) >= 11 is 1.41. The number of nitrogens with one attached hydrogen (secondary N) is 1. The monoisotopic (exact) mass is 330 g/mol. The highest BCUT2D eigenvalue weighted by Crippen LogP contribution is 2.28. The van der Waals surface area contributed by atoms with Gasteiger partial charge in [0.05, 0.1) is 5.69 Å². The minimum Gasteiger partial charge on any atom is -0.338 e. The van der Waals surface area contributed by atoms with Crippen LogP contribution in [0.1, 0.15) is 40.8 Å². The molecule has 1 aliphatic heterocycles. The highest BCUT2D eigenvalue weighted by Gasteiger charge is 2.25. The number of carbonyl (C=O) groups is 1. The van der Waals surface area contributed by atoms with Gasteiger partial charge in [0.2, 0.25) is 0 Å². The Morgan fingerprint density at radius 2 is 2.17 bits per heavy atom. The van der Waals surface area contributed by atoms with E-state index in [0.29, 0.717) is 11.0 Å². The number of piperidine rings is 1. The number of carbonyl (C=O) groups excluding carboxylic acids is 1. The van der Waals surface area contributed by atoms with Crippen molar-refractivity contribution in [3.8, 4) is 0 Å². The molecule has 1 aliphatic rings. The highest BCUT2D eigenvalue weighted by atomic mass is 32.1. The van der Waals surface area contributed by atoms with Crippen molar-refractivity contribution in [3.63, 3.8) is 0 Å². The summed E-state index contributed by atoms with van der Waals surface area (Å²) in [5.41, 5.74) is 1.73. The Morgan fingerprint density at radius 1 is 1.35 bits per heavy atom. The number of amides is 1. The van der Waals surface area contributed by atoms with Crippen LogP contribution in [0.2, 0.25) is 0 Å². The van der Waals surface area contributed by atoms with E-state index >= 15 is 0 Å². The van der Waals surface area contributed by atoms with Gasteiger partial charge in [0.15, 0.2) is 5.13 Å². The van der Waals surface area contributed by atoms with Gasteiger partial charge in [-0.3, -0.25) is 4.79 Å². The minimum atomic E-state index is 0.108. The second-order valence-corrected chi connectivity index (χ2v) is 7.22. The topological polar surface area (TPSA) is 58.1 Å². The van der Waals surface area contributed by atoms with E-state index in [-0.39, 0.29) is 5.91 Å². The summed E-state index contributed by atoms with van der Waals surface area (Å²) in [7, 11) is 0. The molecule has 1 fully saturated rings. The first-order chi connectivity index (χ1) is 11.0. The molecule has 0 spiro atoms. The maximum atomic E-state index is 12.7. The summed E-state index contributed by atoms with van der Waals surface area (Å²) in [6.45, 7) is 7.74. The molecule has 3 rings (SSSR count). The van der Waals surface area contributed by atoms with Crippen LogP contribution < -0.4 is 5.32 Å². The summed E-state index contributed by atoms with van der Waals surface area (Å²) in [6.07, 6.45) is 2.29. The standard InChI is InChI=1S/C17H22N4OS/c1-11-6-5-9-21(10-11)16(22)15-13(3)19-17(23-15)20-14-8-4-7-12(2)18-14/h4,7-8,11H,5-6,9-10H2,1-3H3,(H,18,19,20)/t11-/m0/s1. The first-order valence-corrected chi connectivity index (χ1v) is 8.82. The van der Waals surface area contributed by atoms with Gasteiger partial charge in [0, 0.05) is 18.8 Å². The number of anilines is 2. The lowest BCUT2D eigenvalue weighted by atomic mass is 10.0. The molecule has 0 radical (unpaired) electrons. The number of aryl methyl sites for hydroxylation is 2. The molecule has 2 aromatic heterocycles. The zero-order chi connectivity index (χ0) is 16.4. The van der Waals surface area contributed by atoms with E-state index in [1.165, 1.54) is 17.8 Å². The lowest BCUT2D eigenvalue weighted by Crippen LogP contribution is -2.39. The van der Waals surface area contributed by atoms with E-state index in [0.717, 1.165) is 41.6 Å². The van der Waals surface area contributed by atoms with Gasteiger partial charge in [-0.25, -0.2) is 9.97 Å². The fourth-order valence-electron chi connectivity index (χ4n) is 2.89. The number of hydrogen-bond acceptors (Lipinski definition) is 5. The summed E-state index contributed by atoms with van der Waals surface area (Å²) in [4.78, 5) is 24.3. The van der Waals surface area contributed by atoms with Gasteiger partial charge < -0.3 is 10.2 Å². The maximum absolute atomic E-state index is 12.7. The maximum Gasteiger partial charge on any atom is 0.265 e. The molecule has 5 nitrogen and oxygen atoms in total. The van der Waals surface area contributed by atoms with Gasteiger partial charge in [-0.05, 0) is 44.7 Å². The Balaban J connectivity index is 1.76. The van der Waals surface area contributed by atoms with Crippen LogP contribution in [-0.2, 0) is 0 Å². The van der Waals surface area contributed by atoms with Crippen molar-refractivity contribution in [3.05, 3.63) is 34.5 Å². The summed E-state index contributed by atoms with van der Waals surface area (Å²) < 4.78 is 0. The van der Waals surface area contributed by atoms with Crippen molar-refractivity contribution in [1.82, 2.24) is 14.9 Å². The average molecular weight is 330 g/mol. The molecule has 1 atom stereocenters. The smallest absolute Gasteiger partial charge is 0.265 e. The number of rotatable bonds is 3. The van der Waals surface area contributed by atoms with Gasteiger partial charge >= 0.3 is 0 Å². The Labute approximate surface area is 140 Å².